The fourth-order valence-electron chi connectivity index (χ4n) is 1.41. The molecule has 0 rings (SSSR count). The molecule has 4 nitrogen and oxygen atoms in total. The van der Waals surface area contributed by atoms with Crippen LogP contribution >= 0.6 is 0 Å². The lowest BCUT2D eigenvalue weighted by atomic mass is 9.98. The highest BCUT2D eigenvalue weighted by molar-refractivity contribution is 5.74. The monoisotopic (exact) mass is 230 g/mol. The summed E-state index contributed by atoms with van der Waals surface area (Å²) in [7, 11) is 0. The van der Waals surface area contributed by atoms with Crippen molar-refractivity contribution in [1.29, 1.82) is 0 Å². The first-order valence-electron chi connectivity index (χ1n) is 5.71. The van der Waals surface area contributed by atoms with Crippen LogP contribution < -0.4 is 0 Å². The minimum atomic E-state index is -0.871. The van der Waals surface area contributed by atoms with Gasteiger partial charge in [-0.25, -0.2) is 0 Å². The molecule has 0 radical (unpaired) electrons. The van der Waals surface area contributed by atoms with Crippen molar-refractivity contribution >= 4 is 11.9 Å². The third-order valence-corrected chi connectivity index (χ3v) is 2.08. The van der Waals surface area contributed by atoms with Gasteiger partial charge in [-0.3, -0.25) is 9.59 Å². The Labute approximate surface area is 97.0 Å². The van der Waals surface area contributed by atoms with Gasteiger partial charge in [-0.1, -0.05) is 13.3 Å². The summed E-state index contributed by atoms with van der Waals surface area (Å²) < 4.78 is 5.25. The molecule has 0 saturated carbocycles. The molecule has 0 heterocycles. The molecule has 0 aliphatic rings. The van der Waals surface area contributed by atoms with Crippen LogP contribution in [0.5, 0.6) is 0 Å². The molecule has 0 aromatic rings. The van der Waals surface area contributed by atoms with E-state index >= 15 is 0 Å². The molecular weight excluding hydrogens is 208 g/mol. The Bertz CT molecular complexity index is 240. The maximum atomic E-state index is 11.7. The van der Waals surface area contributed by atoms with E-state index < -0.39 is 11.6 Å². The van der Waals surface area contributed by atoms with E-state index in [0.717, 1.165) is 6.42 Å². The van der Waals surface area contributed by atoms with Crippen LogP contribution in [0.2, 0.25) is 0 Å². The average molecular weight is 230 g/mol. The number of carbonyl (C=O) groups excluding carboxylic acids is 1. The Hall–Kier alpha value is -1.06. The minimum Gasteiger partial charge on any atom is -0.481 e. The normalized spacial score (nSPS) is 13.2. The molecular formula is C12H22O4. The van der Waals surface area contributed by atoms with Crippen LogP contribution in [0.4, 0.5) is 0 Å². The first-order valence-corrected chi connectivity index (χ1v) is 5.71. The van der Waals surface area contributed by atoms with Crippen molar-refractivity contribution in [2.24, 2.45) is 5.92 Å². The number of carboxylic acids is 1. The smallest absolute Gasteiger partial charge is 0.309 e. The van der Waals surface area contributed by atoms with Crippen LogP contribution in [-0.4, -0.2) is 22.6 Å². The third-order valence-electron chi connectivity index (χ3n) is 2.08. The van der Waals surface area contributed by atoms with Crippen molar-refractivity contribution in [2.75, 3.05) is 0 Å². The van der Waals surface area contributed by atoms with E-state index in [-0.39, 0.29) is 18.3 Å². The predicted octanol–water partition coefficient (Wildman–Crippen LogP) is 2.61. The molecule has 0 aromatic heterocycles. The average Bonchev–Trinajstić information content (AvgIpc) is 2.08. The summed E-state index contributed by atoms with van der Waals surface area (Å²) in [6.45, 7) is 7.40. The van der Waals surface area contributed by atoms with E-state index in [9.17, 15) is 9.59 Å². The quantitative estimate of drug-likeness (QED) is 0.712. The molecule has 0 aliphatic heterocycles. The Morgan fingerprint density at radius 1 is 1.25 bits per heavy atom. The molecule has 1 atom stereocenters. The lowest BCUT2D eigenvalue weighted by molar-refractivity contribution is -0.160. The zero-order chi connectivity index (χ0) is 12.8. The van der Waals surface area contributed by atoms with Crippen molar-refractivity contribution < 1.29 is 19.4 Å². The number of hydrogen-bond donors (Lipinski definition) is 1. The molecule has 0 bridgehead atoms. The van der Waals surface area contributed by atoms with Crippen LogP contribution in [0.1, 0.15) is 53.4 Å². The summed E-state index contributed by atoms with van der Waals surface area (Å²) in [5.74, 6) is -1.44. The van der Waals surface area contributed by atoms with Crippen LogP contribution in [0.25, 0.3) is 0 Å². The Kier molecular flexibility index (Phi) is 6.08. The van der Waals surface area contributed by atoms with Crippen molar-refractivity contribution in [3.05, 3.63) is 0 Å². The Morgan fingerprint density at radius 2 is 1.81 bits per heavy atom. The molecule has 1 unspecified atom stereocenters. The van der Waals surface area contributed by atoms with E-state index in [1.54, 1.807) is 0 Å². The van der Waals surface area contributed by atoms with Crippen LogP contribution in [0.3, 0.4) is 0 Å². The Balaban J connectivity index is 4.29. The summed E-state index contributed by atoms with van der Waals surface area (Å²) in [5.41, 5.74) is -0.508. The maximum Gasteiger partial charge on any atom is 0.309 e. The molecule has 0 fully saturated rings. The first kappa shape index (κ1) is 14.9. The summed E-state index contributed by atoms with van der Waals surface area (Å²) in [5, 5.41) is 8.59. The van der Waals surface area contributed by atoms with Crippen molar-refractivity contribution in [3.63, 3.8) is 0 Å². The molecule has 0 amide bonds. The highest BCUT2D eigenvalue weighted by atomic mass is 16.6. The van der Waals surface area contributed by atoms with Gasteiger partial charge in [-0.15, -0.1) is 0 Å². The number of hydrogen-bond acceptors (Lipinski definition) is 3. The van der Waals surface area contributed by atoms with Gasteiger partial charge in [0.25, 0.3) is 0 Å². The second-order valence-electron chi connectivity index (χ2n) is 4.95. The maximum absolute atomic E-state index is 11.7. The largest absolute Gasteiger partial charge is 0.481 e. The number of carboxylic acid groups (broad SMARTS) is 1. The van der Waals surface area contributed by atoms with E-state index in [2.05, 4.69) is 0 Å². The fraction of sp³-hybridized carbons (Fsp3) is 0.833. The highest BCUT2D eigenvalue weighted by Gasteiger charge is 2.24. The van der Waals surface area contributed by atoms with Crippen LogP contribution in [-0.2, 0) is 14.3 Å². The van der Waals surface area contributed by atoms with E-state index in [1.165, 1.54) is 0 Å². The molecule has 16 heavy (non-hydrogen) atoms. The van der Waals surface area contributed by atoms with Gasteiger partial charge in [0.1, 0.15) is 5.60 Å². The predicted molar refractivity (Wildman–Crippen MR) is 61.1 cm³/mol. The van der Waals surface area contributed by atoms with E-state index in [1.807, 2.05) is 27.7 Å². The second kappa shape index (κ2) is 6.51. The molecule has 0 aliphatic carbocycles. The van der Waals surface area contributed by atoms with Gasteiger partial charge in [-0.05, 0) is 33.6 Å². The van der Waals surface area contributed by atoms with Crippen LogP contribution in [0, 0.1) is 5.92 Å². The zero-order valence-corrected chi connectivity index (χ0v) is 10.6. The highest BCUT2D eigenvalue weighted by Crippen LogP contribution is 2.19. The topological polar surface area (TPSA) is 63.6 Å². The minimum absolute atomic E-state index is 0.0178. The summed E-state index contributed by atoms with van der Waals surface area (Å²) in [6, 6.07) is 0. The molecule has 0 aromatic carbocycles. The standard InChI is InChI=1S/C12H22O4/c1-5-6-9(7-8-10(13)14)11(15)16-12(2,3)4/h9H,5-8H2,1-4H3,(H,13,14). The van der Waals surface area contributed by atoms with Crippen molar-refractivity contribution in [1.82, 2.24) is 0 Å². The van der Waals surface area contributed by atoms with Gasteiger partial charge in [0, 0.05) is 6.42 Å². The fourth-order valence-corrected chi connectivity index (χ4v) is 1.41. The number of esters is 1. The number of rotatable bonds is 6. The molecule has 0 saturated heterocycles. The molecule has 0 spiro atoms. The lowest BCUT2D eigenvalue weighted by Crippen LogP contribution is -2.29. The van der Waals surface area contributed by atoms with Gasteiger partial charge >= 0.3 is 11.9 Å². The molecule has 1 N–H and O–H groups in total. The Morgan fingerprint density at radius 3 is 2.19 bits per heavy atom. The van der Waals surface area contributed by atoms with Gasteiger partial charge in [0.15, 0.2) is 0 Å². The summed E-state index contributed by atoms with van der Waals surface area (Å²) >= 11 is 0. The van der Waals surface area contributed by atoms with Gasteiger partial charge < -0.3 is 9.84 Å². The zero-order valence-electron chi connectivity index (χ0n) is 10.6. The number of carbonyl (C=O) groups is 2. The second-order valence-corrected chi connectivity index (χ2v) is 4.95. The van der Waals surface area contributed by atoms with E-state index in [0.29, 0.717) is 12.8 Å². The molecule has 94 valence electrons. The summed E-state index contributed by atoms with van der Waals surface area (Å²) in [4.78, 5) is 22.2. The first-order chi connectivity index (χ1) is 7.26. The molecule has 4 heteroatoms. The number of aliphatic carboxylic acids is 1. The van der Waals surface area contributed by atoms with Gasteiger partial charge in [-0.2, -0.15) is 0 Å². The van der Waals surface area contributed by atoms with Crippen LogP contribution in [0.15, 0.2) is 0 Å². The lowest BCUT2D eigenvalue weighted by Gasteiger charge is -2.23. The summed E-state index contributed by atoms with van der Waals surface area (Å²) in [6.07, 6.45) is 1.91. The van der Waals surface area contributed by atoms with E-state index in [4.69, 9.17) is 9.84 Å². The number of ether oxygens (including phenoxy) is 1. The van der Waals surface area contributed by atoms with Gasteiger partial charge in [0.05, 0.1) is 5.92 Å². The SMILES string of the molecule is CCCC(CCC(=O)O)C(=O)OC(C)(C)C. The van der Waals surface area contributed by atoms with Gasteiger partial charge in [0.2, 0.25) is 0 Å². The third kappa shape index (κ3) is 7.26. The van der Waals surface area contributed by atoms with Crippen molar-refractivity contribution in [2.45, 2.75) is 59.0 Å². The van der Waals surface area contributed by atoms with Crippen molar-refractivity contribution in [3.8, 4) is 0 Å².